The van der Waals surface area contributed by atoms with Gasteiger partial charge in [0.05, 0.1) is 39.9 Å². The van der Waals surface area contributed by atoms with E-state index in [4.69, 9.17) is 9.05 Å². The number of carbonyl (C=O) groups excluding carboxylic acids is 1. The van der Waals surface area contributed by atoms with Crippen LogP contribution in [0.15, 0.2) is 146 Å². The van der Waals surface area contributed by atoms with Crippen molar-refractivity contribution in [1.29, 1.82) is 0 Å². The average Bonchev–Trinajstić information content (AvgIpc) is 3.33. The normalized spacial score (nSPS) is 15.1. The first-order valence-corrected chi connectivity index (χ1v) is 29.2. The molecule has 0 aliphatic heterocycles. The summed E-state index contributed by atoms with van der Waals surface area (Å²) >= 11 is 0. The zero-order valence-electron chi connectivity index (χ0n) is 45.6. The zero-order valence-corrected chi connectivity index (χ0v) is 46.5. The summed E-state index contributed by atoms with van der Waals surface area (Å²) < 4.78 is 23.6. The summed E-state index contributed by atoms with van der Waals surface area (Å²) in [5, 5.41) is 13.8. The van der Waals surface area contributed by atoms with E-state index in [1.165, 1.54) is 38.5 Å². The van der Waals surface area contributed by atoms with E-state index < -0.39 is 20.0 Å². The molecule has 0 saturated carbocycles. The summed E-state index contributed by atoms with van der Waals surface area (Å²) in [7, 11) is 1.53. The van der Waals surface area contributed by atoms with Crippen LogP contribution in [0.2, 0.25) is 0 Å². The van der Waals surface area contributed by atoms with E-state index in [-0.39, 0.29) is 19.1 Å². The molecule has 0 aliphatic rings. The second-order valence-electron chi connectivity index (χ2n) is 19.2. The number of nitrogens with one attached hydrogen (secondary N) is 1. The summed E-state index contributed by atoms with van der Waals surface area (Å²) in [6.45, 7) is 4.63. The van der Waals surface area contributed by atoms with Crippen molar-refractivity contribution < 1.29 is 32.9 Å². The number of phosphoric acid groups is 1. The van der Waals surface area contributed by atoms with Crippen LogP contribution in [0, 0.1) is 0 Å². The Morgan fingerprint density at radius 3 is 1.24 bits per heavy atom. The second kappa shape index (κ2) is 51.3. The minimum atomic E-state index is -4.35. The summed E-state index contributed by atoms with van der Waals surface area (Å²) in [4.78, 5) is 23.2. The molecule has 0 heterocycles. The third-order valence-electron chi connectivity index (χ3n) is 11.3. The van der Waals surface area contributed by atoms with Gasteiger partial charge in [0.2, 0.25) is 5.91 Å². The maximum Gasteiger partial charge on any atom is 0.472 e. The highest BCUT2D eigenvalue weighted by Gasteiger charge is 2.27. The van der Waals surface area contributed by atoms with Gasteiger partial charge in [0.1, 0.15) is 13.2 Å². The number of unbranched alkanes of at least 4 members (excludes halogenated alkanes) is 13. The first kappa shape index (κ1) is 67.4. The molecule has 0 aromatic carbocycles. The lowest BCUT2D eigenvalue weighted by Gasteiger charge is -2.25. The van der Waals surface area contributed by atoms with Crippen LogP contribution in [-0.4, -0.2) is 73.4 Å². The largest absolute Gasteiger partial charge is 0.472 e. The Balaban J connectivity index is 4.16. The van der Waals surface area contributed by atoms with Gasteiger partial charge in [-0.3, -0.25) is 13.8 Å². The Morgan fingerprint density at radius 1 is 0.493 bits per heavy atom. The second-order valence-corrected chi connectivity index (χ2v) is 20.7. The quantitative estimate of drug-likeness (QED) is 0.0243. The molecule has 0 aliphatic carbocycles. The van der Waals surface area contributed by atoms with Crippen LogP contribution in [0.1, 0.15) is 187 Å². The fourth-order valence-corrected chi connectivity index (χ4v) is 7.72. The summed E-state index contributed by atoms with van der Waals surface area (Å²) in [6, 6.07) is -0.866. The van der Waals surface area contributed by atoms with Crippen LogP contribution in [-0.2, 0) is 18.4 Å². The number of quaternary nitrogens is 1. The molecule has 9 heteroatoms. The van der Waals surface area contributed by atoms with Gasteiger partial charge < -0.3 is 19.8 Å². The third-order valence-corrected chi connectivity index (χ3v) is 12.3. The topological polar surface area (TPSA) is 105 Å². The number of nitrogens with zero attached hydrogens (tertiary/aromatic N) is 1. The van der Waals surface area contributed by atoms with Gasteiger partial charge >= 0.3 is 7.82 Å². The Bertz CT molecular complexity index is 1660. The summed E-state index contributed by atoms with van der Waals surface area (Å²) in [6.07, 6.45) is 79.5. The predicted molar refractivity (Wildman–Crippen MR) is 308 cm³/mol. The molecule has 3 unspecified atom stereocenters. The van der Waals surface area contributed by atoms with Gasteiger partial charge in [-0.05, 0) is 103 Å². The number of aliphatic hydroxyl groups is 1. The number of phosphoric ester groups is 1. The maximum atomic E-state index is 12.9. The van der Waals surface area contributed by atoms with Crippen LogP contribution in [0.25, 0.3) is 0 Å². The molecular weight excluding hydrogens is 900 g/mol. The van der Waals surface area contributed by atoms with Gasteiger partial charge in [0.15, 0.2) is 0 Å². The molecule has 0 aromatic heterocycles. The van der Waals surface area contributed by atoms with Gasteiger partial charge in [0.25, 0.3) is 0 Å². The van der Waals surface area contributed by atoms with Crippen molar-refractivity contribution in [1.82, 2.24) is 5.32 Å². The Labute approximate surface area is 436 Å². The number of rotatable bonds is 48. The Morgan fingerprint density at radius 2 is 0.845 bits per heavy atom. The molecule has 8 nitrogen and oxygen atoms in total. The molecule has 3 atom stereocenters. The highest BCUT2D eigenvalue weighted by molar-refractivity contribution is 7.47. The van der Waals surface area contributed by atoms with Crippen molar-refractivity contribution in [3.05, 3.63) is 146 Å². The number of likely N-dealkylation sites (N-methyl/N-ethyl adjacent to an activating group) is 1. The molecule has 0 radical (unpaired) electrons. The number of allylic oxidation sites excluding steroid dienone is 23. The molecule has 0 aromatic rings. The van der Waals surface area contributed by atoms with Crippen molar-refractivity contribution in [2.75, 3.05) is 40.9 Å². The molecule has 0 spiro atoms. The van der Waals surface area contributed by atoms with Crippen LogP contribution in [0.3, 0.4) is 0 Å². The first-order valence-electron chi connectivity index (χ1n) is 27.7. The highest BCUT2D eigenvalue weighted by Crippen LogP contribution is 2.43. The summed E-state index contributed by atoms with van der Waals surface area (Å²) in [5.41, 5.74) is 0. The fraction of sp³-hybridized carbons (Fsp3) is 0.597. The van der Waals surface area contributed by atoms with Crippen LogP contribution in [0.5, 0.6) is 0 Å². The van der Waals surface area contributed by atoms with E-state index in [1.807, 2.05) is 27.2 Å². The fourth-order valence-electron chi connectivity index (χ4n) is 6.99. The first-order chi connectivity index (χ1) is 34.5. The van der Waals surface area contributed by atoms with E-state index in [1.54, 1.807) is 6.08 Å². The molecule has 3 N–H and O–H groups in total. The van der Waals surface area contributed by atoms with Gasteiger partial charge in [-0.2, -0.15) is 0 Å². The molecule has 71 heavy (non-hydrogen) atoms. The SMILES string of the molecule is CC/C=C\C/C=C\C/C=C\C/C=C\C/C=C\C/C=C\C/C=C\C/C=C\C/C=C\C/C=C\C/C=C\CCCCCCCC(=O)NC(COP(=O)(O)OCC[N+](C)(C)C)C(O)/C=C/CCCCCCCCCC. The minimum absolute atomic E-state index is 0.0494. The van der Waals surface area contributed by atoms with Crippen LogP contribution < -0.4 is 5.32 Å². The monoisotopic (exact) mass is 1000 g/mol. The summed E-state index contributed by atoms with van der Waals surface area (Å²) in [5.74, 6) is -0.205. The number of amides is 1. The molecule has 402 valence electrons. The lowest BCUT2D eigenvalue weighted by molar-refractivity contribution is -0.870. The molecular formula is C62H104N2O6P+. The Hall–Kier alpha value is -3.62. The van der Waals surface area contributed by atoms with Crippen molar-refractivity contribution in [3.8, 4) is 0 Å². The van der Waals surface area contributed by atoms with Gasteiger partial charge in [0, 0.05) is 6.42 Å². The number of hydrogen-bond acceptors (Lipinski definition) is 5. The van der Waals surface area contributed by atoms with Crippen LogP contribution in [0.4, 0.5) is 0 Å². The standard InChI is InChI=1S/C62H103N2O6P/c1-6-8-10-12-14-16-18-19-20-21-22-23-24-25-26-27-28-29-30-31-32-33-34-35-36-37-38-39-40-41-42-43-44-45-46-48-50-52-54-56-62(66)63-60(59-70-71(67,68)69-58-57-64(3,4)5)61(65)55-53-51-49-47-17-15-13-11-9-7-2/h8,10,14,16,19-20,22-23,25-26,28-29,31-32,34-35,37-38,40-41,43-44,53,55,60-61,65H,6-7,9,11-13,15,17-18,21,24,27,30,33,36,39,42,45-52,54,56-59H2,1-5H3,(H-,63,66,67,68)/p+1/b10-8-,16-14-,20-19-,23-22-,26-25-,29-28-,32-31-,35-34-,38-37-,41-40-,44-43-,55-53+. The molecule has 0 fully saturated rings. The van der Waals surface area contributed by atoms with Crippen molar-refractivity contribution in [2.45, 2.75) is 199 Å². The highest BCUT2D eigenvalue weighted by atomic mass is 31.2. The van der Waals surface area contributed by atoms with Gasteiger partial charge in [-0.15, -0.1) is 0 Å². The van der Waals surface area contributed by atoms with Gasteiger partial charge in [-0.25, -0.2) is 4.57 Å². The van der Waals surface area contributed by atoms with Gasteiger partial charge in [-0.1, -0.05) is 224 Å². The number of hydrogen-bond donors (Lipinski definition) is 3. The molecule has 0 saturated heterocycles. The maximum absolute atomic E-state index is 12.9. The molecule has 0 rings (SSSR count). The smallest absolute Gasteiger partial charge is 0.387 e. The molecule has 0 bridgehead atoms. The predicted octanol–water partition coefficient (Wildman–Crippen LogP) is 16.9. The van der Waals surface area contributed by atoms with E-state index in [9.17, 15) is 19.4 Å². The van der Waals surface area contributed by atoms with Crippen molar-refractivity contribution in [3.63, 3.8) is 0 Å². The minimum Gasteiger partial charge on any atom is -0.387 e. The zero-order chi connectivity index (χ0) is 52.0. The average molecular weight is 1000 g/mol. The van der Waals surface area contributed by atoms with E-state index in [0.717, 1.165) is 128 Å². The van der Waals surface area contributed by atoms with E-state index in [0.29, 0.717) is 17.4 Å². The number of carbonyl (C=O) groups is 1. The lowest BCUT2D eigenvalue weighted by Crippen LogP contribution is -2.45. The van der Waals surface area contributed by atoms with E-state index in [2.05, 4.69) is 153 Å². The van der Waals surface area contributed by atoms with Crippen molar-refractivity contribution in [2.24, 2.45) is 0 Å². The van der Waals surface area contributed by atoms with Crippen molar-refractivity contribution >= 4 is 13.7 Å². The number of aliphatic hydroxyl groups excluding tert-OH is 1. The molecule has 1 amide bonds. The third kappa shape index (κ3) is 54.0. The lowest BCUT2D eigenvalue weighted by atomic mass is 10.1. The van der Waals surface area contributed by atoms with Crippen LogP contribution >= 0.6 is 7.82 Å². The van der Waals surface area contributed by atoms with E-state index >= 15 is 0 Å². The Kier molecular flexibility index (Phi) is 48.7.